The zero-order valence-corrected chi connectivity index (χ0v) is 10.6. The van der Waals surface area contributed by atoms with Gasteiger partial charge < -0.3 is 4.18 Å². The molecular weight excluding hydrogens is 264 g/mol. The predicted octanol–water partition coefficient (Wildman–Crippen LogP) is 1.81. The van der Waals surface area contributed by atoms with Crippen LogP contribution in [0.2, 0.25) is 0 Å². The first-order valence-corrected chi connectivity index (χ1v) is 6.78. The Morgan fingerprint density at radius 2 is 1.74 bits per heavy atom. The van der Waals surface area contributed by atoms with Crippen LogP contribution in [0.3, 0.4) is 0 Å². The highest BCUT2D eigenvalue weighted by molar-refractivity contribution is 7.84. The fraction of sp³-hybridized carbons (Fsp3) is 0. The molecule has 2 aromatic carbocycles. The monoisotopic (exact) mass is 274 g/mol. The summed E-state index contributed by atoms with van der Waals surface area (Å²) in [7, 11) is -4.01. The van der Waals surface area contributed by atoms with E-state index in [0.29, 0.717) is 5.56 Å². The smallest absolute Gasteiger partial charge is 0.371 e. The molecule has 0 amide bonds. The lowest BCUT2D eigenvalue weighted by atomic mass is 10.0. The second-order valence-corrected chi connectivity index (χ2v) is 4.95. The van der Waals surface area contributed by atoms with Crippen LogP contribution in [0.15, 0.2) is 48.5 Å². The number of nitrogens with zero attached hydrogens (tertiary/aromatic N) is 1. The van der Waals surface area contributed by atoms with Crippen molar-refractivity contribution in [2.24, 2.45) is 5.14 Å². The normalized spacial score (nSPS) is 10.7. The molecule has 0 fully saturated rings. The quantitative estimate of drug-likeness (QED) is 0.923. The van der Waals surface area contributed by atoms with E-state index in [1.165, 1.54) is 12.1 Å². The zero-order valence-electron chi connectivity index (χ0n) is 9.78. The Morgan fingerprint density at radius 1 is 1.05 bits per heavy atom. The van der Waals surface area contributed by atoms with Gasteiger partial charge in [-0.1, -0.05) is 24.3 Å². The van der Waals surface area contributed by atoms with Crippen LogP contribution >= 0.6 is 0 Å². The SMILES string of the molecule is N#Cc1cccc(-c2ccc(OS(N)(=O)=O)cc2)c1. The molecule has 5 nitrogen and oxygen atoms in total. The zero-order chi connectivity index (χ0) is 13.9. The van der Waals surface area contributed by atoms with E-state index in [4.69, 9.17) is 10.4 Å². The van der Waals surface area contributed by atoms with E-state index in [1.54, 1.807) is 30.3 Å². The van der Waals surface area contributed by atoms with Crippen molar-refractivity contribution in [1.29, 1.82) is 5.26 Å². The maximum Gasteiger partial charge on any atom is 0.380 e. The Morgan fingerprint density at radius 3 is 2.32 bits per heavy atom. The lowest BCUT2D eigenvalue weighted by molar-refractivity contribution is 0.488. The van der Waals surface area contributed by atoms with Gasteiger partial charge in [0, 0.05) is 0 Å². The van der Waals surface area contributed by atoms with Crippen molar-refractivity contribution in [3.63, 3.8) is 0 Å². The predicted molar refractivity (Wildman–Crippen MR) is 70.3 cm³/mol. The molecule has 2 N–H and O–H groups in total. The standard InChI is InChI=1S/C13H10N2O3S/c14-9-10-2-1-3-12(8-10)11-4-6-13(7-5-11)18-19(15,16)17/h1-8H,(H2,15,16,17). The molecule has 0 aliphatic rings. The fourth-order valence-electron chi connectivity index (χ4n) is 1.61. The summed E-state index contributed by atoms with van der Waals surface area (Å²) in [5.41, 5.74) is 2.27. The molecule has 0 saturated carbocycles. The van der Waals surface area contributed by atoms with Gasteiger partial charge in [0.2, 0.25) is 0 Å². The molecule has 0 aliphatic heterocycles. The second-order valence-electron chi connectivity index (χ2n) is 3.79. The number of nitriles is 1. The van der Waals surface area contributed by atoms with E-state index in [2.05, 4.69) is 10.3 Å². The molecule has 0 unspecified atom stereocenters. The molecule has 0 aliphatic carbocycles. The van der Waals surface area contributed by atoms with E-state index in [9.17, 15) is 8.42 Å². The third kappa shape index (κ3) is 3.55. The molecule has 0 bridgehead atoms. The van der Waals surface area contributed by atoms with Gasteiger partial charge in [-0.05, 0) is 35.4 Å². The van der Waals surface area contributed by atoms with Crippen LogP contribution in [0.1, 0.15) is 5.56 Å². The molecule has 0 saturated heterocycles. The molecule has 96 valence electrons. The Kier molecular flexibility index (Phi) is 3.51. The van der Waals surface area contributed by atoms with Gasteiger partial charge in [-0.3, -0.25) is 0 Å². The Labute approximate surface area is 111 Å². The summed E-state index contributed by atoms with van der Waals surface area (Å²) in [6.07, 6.45) is 0. The highest BCUT2D eigenvalue weighted by Crippen LogP contribution is 2.23. The summed E-state index contributed by atoms with van der Waals surface area (Å²) in [4.78, 5) is 0. The van der Waals surface area contributed by atoms with Crippen LogP contribution in [0.5, 0.6) is 5.75 Å². The number of benzene rings is 2. The van der Waals surface area contributed by atoms with Crippen molar-refractivity contribution in [1.82, 2.24) is 0 Å². The van der Waals surface area contributed by atoms with Crippen LogP contribution in [-0.4, -0.2) is 8.42 Å². The van der Waals surface area contributed by atoms with Crippen molar-refractivity contribution < 1.29 is 12.6 Å². The number of hydrogen-bond donors (Lipinski definition) is 1. The van der Waals surface area contributed by atoms with Crippen LogP contribution in [0.4, 0.5) is 0 Å². The van der Waals surface area contributed by atoms with Gasteiger partial charge in [-0.15, -0.1) is 0 Å². The molecule has 2 aromatic rings. The largest absolute Gasteiger partial charge is 0.380 e. The summed E-state index contributed by atoms with van der Waals surface area (Å²) in [6, 6.07) is 15.5. The minimum absolute atomic E-state index is 0.141. The van der Waals surface area contributed by atoms with Gasteiger partial charge in [0.1, 0.15) is 5.75 Å². The van der Waals surface area contributed by atoms with Crippen LogP contribution in [-0.2, 0) is 10.3 Å². The minimum Gasteiger partial charge on any atom is -0.371 e. The van der Waals surface area contributed by atoms with Crippen LogP contribution in [0.25, 0.3) is 11.1 Å². The molecule has 0 radical (unpaired) electrons. The summed E-state index contributed by atoms with van der Waals surface area (Å²) >= 11 is 0. The molecule has 0 atom stereocenters. The van der Waals surface area contributed by atoms with Crippen molar-refractivity contribution in [3.05, 3.63) is 54.1 Å². The average molecular weight is 274 g/mol. The van der Waals surface area contributed by atoms with Gasteiger partial charge in [0.05, 0.1) is 11.6 Å². The number of hydrogen-bond acceptors (Lipinski definition) is 4. The first-order chi connectivity index (χ1) is 8.98. The molecular formula is C13H10N2O3S. The second kappa shape index (κ2) is 5.10. The van der Waals surface area contributed by atoms with E-state index < -0.39 is 10.3 Å². The van der Waals surface area contributed by atoms with Crippen LogP contribution in [0, 0.1) is 11.3 Å². The first kappa shape index (κ1) is 13.1. The maximum atomic E-state index is 10.8. The van der Waals surface area contributed by atoms with Gasteiger partial charge in [0.25, 0.3) is 0 Å². The molecule has 2 rings (SSSR count). The third-order valence-electron chi connectivity index (χ3n) is 2.39. The Balaban J connectivity index is 2.30. The average Bonchev–Trinajstić information content (AvgIpc) is 2.38. The molecule has 0 spiro atoms. The summed E-state index contributed by atoms with van der Waals surface area (Å²) in [5, 5.41) is 13.6. The van der Waals surface area contributed by atoms with E-state index in [1.807, 2.05) is 6.07 Å². The summed E-state index contributed by atoms with van der Waals surface area (Å²) < 4.78 is 26.1. The van der Waals surface area contributed by atoms with Crippen molar-refractivity contribution in [3.8, 4) is 22.9 Å². The van der Waals surface area contributed by atoms with E-state index in [0.717, 1.165) is 11.1 Å². The number of rotatable bonds is 3. The highest BCUT2D eigenvalue weighted by atomic mass is 32.2. The van der Waals surface area contributed by atoms with Crippen LogP contribution < -0.4 is 9.32 Å². The summed E-state index contributed by atoms with van der Waals surface area (Å²) in [6.45, 7) is 0. The third-order valence-corrected chi connectivity index (χ3v) is 2.82. The number of nitrogens with two attached hydrogens (primary N) is 1. The van der Waals surface area contributed by atoms with Crippen molar-refractivity contribution in [2.45, 2.75) is 0 Å². The lowest BCUT2D eigenvalue weighted by Crippen LogP contribution is -2.18. The topological polar surface area (TPSA) is 93.2 Å². The van der Waals surface area contributed by atoms with Gasteiger partial charge >= 0.3 is 10.3 Å². The molecule has 0 heterocycles. The van der Waals surface area contributed by atoms with Gasteiger partial charge in [0.15, 0.2) is 0 Å². The highest BCUT2D eigenvalue weighted by Gasteiger charge is 2.05. The van der Waals surface area contributed by atoms with Crippen molar-refractivity contribution >= 4 is 10.3 Å². The Hall–Kier alpha value is -2.36. The fourth-order valence-corrected chi connectivity index (χ4v) is 1.98. The molecule has 6 heteroatoms. The van der Waals surface area contributed by atoms with Gasteiger partial charge in [-0.25, -0.2) is 0 Å². The molecule has 19 heavy (non-hydrogen) atoms. The lowest BCUT2D eigenvalue weighted by Gasteiger charge is -2.05. The summed E-state index contributed by atoms with van der Waals surface area (Å²) in [5.74, 6) is 0.141. The van der Waals surface area contributed by atoms with Crippen molar-refractivity contribution in [2.75, 3.05) is 0 Å². The minimum atomic E-state index is -4.01. The first-order valence-electron chi connectivity index (χ1n) is 5.31. The Bertz CT molecular complexity index is 731. The van der Waals surface area contributed by atoms with E-state index in [-0.39, 0.29) is 5.75 Å². The maximum absolute atomic E-state index is 10.8. The molecule has 0 aromatic heterocycles. The van der Waals surface area contributed by atoms with Gasteiger partial charge in [-0.2, -0.15) is 18.8 Å². The van der Waals surface area contributed by atoms with E-state index >= 15 is 0 Å².